The van der Waals surface area contributed by atoms with Crippen molar-refractivity contribution >= 4 is 30.1 Å². The number of ether oxygens (including phenoxy) is 2. The molecular weight excluding hydrogens is 360 g/mol. The fourth-order valence-electron chi connectivity index (χ4n) is 2.36. The Morgan fingerprint density at radius 2 is 1.96 bits per heavy atom. The number of amides is 1. The van der Waals surface area contributed by atoms with Gasteiger partial charge in [-0.25, -0.2) is 0 Å². The molecule has 7 heteroatoms. The highest BCUT2D eigenvalue weighted by molar-refractivity contribution is 7.99. The van der Waals surface area contributed by atoms with E-state index in [2.05, 4.69) is 13.8 Å². The lowest BCUT2D eigenvalue weighted by Crippen LogP contribution is -2.34. The lowest BCUT2D eigenvalue weighted by molar-refractivity contribution is -0.129. The first-order chi connectivity index (χ1) is 11.5. The number of nitrogens with two attached hydrogens (primary N) is 1. The van der Waals surface area contributed by atoms with Crippen LogP contribution in [0.2, 0.25) is 0 Å². The summed E-state index contributed by atoms with van der Waals surface area (Å²) in [5.41, 5.74) is 6.03. The average Bonchev–Trinajstić information content (AvgIpc) is 2.58. The molecule has 0 aromatic heterocycles. The van der Waals surface area contributed by atoms with Crippen LogP contribution in [0.3, 0.4) is 0 Å². The molecular formula is C18H29ClN2O3S. The highest BCUT2D eigenvalue weighted by Gasteiger charge is 2.14. The van der Waals surface area contributed by atoms with Crippen molar-refractivity contribution in [2.45, 2.75) is 37.6 Å². The van der Waals surface area contributed by atoms with Gasteiger partial charge in [-0.3, -0.25) is 4.79 Å². The molecule has 2 rings (SSSR count). The molecule has 0 bridgehead atoms. The van der Waals surface area contributed by atoms with Gasteiger partial charge < -0.3 is 20.1 Å². The SMILES string of the molecule is CC(C)C(N)CCN(C)C(=O)CCSc1ccc2c(c1)OCCO2.Cl. The van der Waals surface area contributed by atoms with E-state index in [1.807, 2.05) is 25.2 Å². The molecule has 0 aliphatic carbocycles. The fraction of sp³-hybridized carbons (Fsp3) is 0.611. The number of carbonyl (C=O) groups is 1. The number of fused-ring (bicyclic) bond motifs is 1. The molecule has 1 aromatic carbocycles. The molecule has 1 amide bonds. The van der Waals surface area contributed by atoms with Crippen LogP contribution < -0.4 is 15.2 Å². The number of thioether (sulfide) groups is 1. The fourth-order valence-corrected chi connectivity index (χ4v) is 3.23. The first-order valence-corrected chi connectivity index (χ1v) is 9.48. The number of hydrogen-bond acceptors (Lipinski definition) is 5. The van der Waals surface area contributed by atoms with E-state index in [4.69, 9.17) is 15.2 Å². The predicted molar refractivity (Wildman–Crippen MR) is 105 cm³/mol. The largest absolute Gasteiger partial charge is 0.486 e. The summed E-state index contributed by atoms with van der Waals surface area (Å²) in [6.45, 7) is 6.11. The summed E-state index contributed by atoms with van der Waals surface area (Å²) in [7, 11) is 1.85. The maximum atomic E-state index is 12.2. The van der Waals surface area contributed by atoms with E-state index in [9.17, 15) is 4.79 Å². The van der Waals surface area contributed by atoms with Crippen molar-refractivity contribution in [1.29, 1.82) is 0 Å². The second kappa shape index (κ2) is 10.8. The molecule has 1 heterocycles. The van der Waals surface area contributed by atoms with Gasteiger partial charge in [0.25, 0.3) is 0 Å². The maximum Gasteiger partial charge on any atom is 0.223 e. The van der Waals surface area contributed by atoms with Crippen LogP contribution in [-0.2, 0) is 4.79 Å². The Morgan fingerprint density at radius 3 is 2.64 bits per heavy atom. The van der Waals surface area contributed by atoms with Crippen molar-refractivity contribution in [3.63, 3.8) is 0 Å². The molecule has 0 saturated heterocycles. The van der Waals surface area contributed by atoms with Crippen LogP contribution in [0.25, 0.3) is 0 Å². The Bertz CT molecular complexity index is 557. The quantitative estimate of drug-likeness (QED) is 0.693. The lowest BCUT2D eigenvalue weighted by atomic mass is 10.0. The molecule has 1 aromatic rings. The molecule has 0 radical (unpaired) electrons. The zero-order valence-electron chi connectivity index (χ0n) is 15.2. The molecule has 2 N–H and O–H groups in total. The summed E-state index contributed by atoms with van der Waals surface area (Å²) in [6.07, 6.45) is 1.36. The predicted octanol–water partition coefficient (Wildman–Crippen LogP) is 3.19. The molecule has 1 unspecified atom stereocenters. The highest BCUT2D eigenvalue weighted by atomic mass is 35.5. The minimum Gasteiger partial charge on any atom is -0.486 e. The van der Waals surface area contributed by atoms with E-state index in [1.165, 1.54) is 0 Å². The van der Waals surface area contributed by atoms with Crippen LogP contribution in [0.5, 0.6) is 11.5 Å². The minimum absolute atomic E-state index is 0. The standard InChI is InChI=1S/C18H28N2O3S.ClH/c1-13(2)15(19)6-8-20(3)18(21)7-11-24-14-4-5-16-17(12-14)23-10-9-22-16;/h4-5,12-13,15H,6-11,19H2,1-3H3;1H. The molecule has 0 spiro atoms. The Hall–Kier alpha value is -1.11. The normalized spacial score (nSPS) is 14.0. The van der Waals surface area contributed by atoms with Gasteiger partial charge in [0.15, 0.2) is 11.5 Å². The van der Waals surface area contributed by atoms with Crippen molar-refractivity contribution < 1.29 is 14.3 Å². The molecule has 5 nitrogen and oxygen atoms in total. The molecule has 1 aliphatic heterocycles. The van der Waals surface area contributed by atoms with E-state index in [1.54, 1.807) is 16.7 Å². The summed E-state index contributed by atoms with van der Waals surface area (Å²) >= 11 is 1.66. The second-order valence-electron chi connectivity index (χ2n) is 6.42. The summed E-state index contributed by atoms with van der Waals surface area (Å²) in [5, 5.41) is 0. The Morgan fingerprint density at radius 1 is 1.28 bits per heavy atom. The van der Waals surface area contributed by atoms with E-state index in [-0.39, 0.29) is 24.4 Å². The van der Waals surface area contributed by atoms with Gasteiger partial charge in [0.2, 0.25) is 5.91 Å². The van der Waals surface area contributed by atoms with Crippen LogP contribution in [-0.4, -0.2) is 49.4 Å². The van der Waals surface area contributed by atoms with Gasteiger partial charge in [0.05, 0.1) is 0 Å². The van der Waals surface area contributed by atoms with Gasteiger partial charge in [-0.1, -0.05) is 13.8 Å². The zero-order chi connectivity index (χ0) is 17.5. The lowest BCUT2D eigenvalue weighted by Gasteiger charge is -2.21. The Balaban J connectivity index is 0.00000312. The van der Waals surface area contributed by atoms with Gasteiger partial charge in [0.1, 0.15) is 13.2 Å². The van der Waals surface area contributed by atoms with Crippen LogP contribution in [0.1, 0.15) is 26.7 Å². The Labute approximate surface area is 161 Å². The van der Waals surface area contributed by atoms with E-state index in [0.717, 1.165) is 28.6 Å². The van der Waals surface area contributed by atoms with Crippen LogP contribution in [0, 0.1) is 5.92 Å². The third-order valence-corrected chi connectivity index (χ3v) is 5.17. The van der Waals surface area contributed by atoms with Crippen LogP contribution in [0.15, 0.2) is 23.1 Å². The molecule has 0 fully saturated rings. The third kappa shape index (κ3) is 6.96. The number of rotatable bonds is 8. The van der Waals surface area contributed by atoms with Crippen molar-refractivity contribution in [1.82, 2.24) is 4.90 Å². The minimum atomic E-state index is 0. The molecule has 25 heavy (non-hydrogen) atoms. The van der Waals surface area contributed by atoms with E-state index in [0.29, 0.717) is 32.1 Å². The number of carbonyl (C=O) groups excluding carboxylic acids is 1. The third-order valence-electron chi connectivity index (χ3n) is 4.18. The zero-order valence-corrected chi connectivity index (χ0v) is 16.8. The molecule has 1 atom stereocenters. The molecule has 142 valence electrons. The van der Waals surface area contributed by atoms with Gasteiger partial charge in [0, 0.05) is 36.7 Å². The van der Waals surface area contributed by atoms with Crippen molar-refractivity contribution in [3.8, 4) is 11.5 Å². The van der Waals surface area contributed by atoms with Crippen molar-refractivity contribution in [2.75, 3.05) is 32.6 Å². The Kier molecular flexibility index (Phi) is 9.46. The first-order valence-electron chi connectivity index (χ1n) is 8.49. The van der Waals surface area contributed by atoms with E-state index >= 15 is 0 Å². The number of hydrogen-bond donors (Lipinski definition) is 1. The molecule has 0 saturated carbocycles. The number of nitrogens with zero attached hydrogens (tertiary/aromatic N) is 1. The summed E-state index contributed by atoms with van der Waals surface area (Å²) in [5.74, 6) is 2.94. The smallest absolute Gasteiger partial charge is 0.223 e. The number of benzene rings is 1. The summed E-state index contributed by atoms with van der Waals surface area (Å²) in [4.78, 5) is 15.1. The van der Waals surface area contributed by atoms with Gasteiger partial charge >= 0.3 is 0 Å². The van der Waals surface area contributed by atoms with Crippen LogP contribution in [0.4, 0.5) is 0 Å². The van der Waals surface area contributed by atoms with Crippen molar-refractivity contribution in [2.24, 2.45) is 11.7 Å². The highest BCUT2D eigenvalue weighted by Crippen LogP contribution is 2.34. The van der Waals surface area contributed by atoms with E-state index < -0.39 is 0 Å². The molecule has 1 aliphatic rings. The maximum absolute atomic E-state index is 12.2. The second-order valence-corrected chi connectivity index (χ2v) is 7.58. The number of halogens is 1. The summed E-state index contributed by atoms with van der Waals surface area (Å²) < 4.78 is 11.1. The summed E-state index contributed by atoms with van der Waals surface area (Å²) in [6, 6.07) is 6.06. The van der Waals surface area contributed by atoms with Gasteiger partial charge in [-0.15, -0.1) is 24.2 Å². The topological polar surface area (TPSA) is 64.8 Å². The van der Waals surface area contributed by atoms with Gasteiger partial charge in [-0.05, 0) is 30.5 Å². The van der Waals surface area contributed by atoms with Crippen LogP contribution >= 0.6 is 24.2 Å². The van der Waals surface area contributed by atoms with Crippen molar-refractivity contribution in [3.05, 3.63) is 18.2 Å². The monoisotopic (exact) mass is 388 g/mol. The first kappa shape index (κ1) is 21.9. The average molecular weight is 389 g/mol. The van der Waals surface area contributed by atoms with Gasteiger partial charge in [-0.2, -0.15) is 0 Å².